The Bertz CT molecular complexity index is 3090. The Labute approximate surface area is 478 Å². The van der Waals surface area contributed by atoms with Crippen LogP contribution in [0.2, 0.25) is 10.0 Å². The van der Waals surface area contributed by atoms with Gasteiger partial charge >= 0.3 is 5.97 Å². The van der Waals surface area contributed by atoms with Crippen molar-refractivity contribution < 1.29 is 61.3 Å². The number of piperazine rings is 1. The van der Waals surface area contributed by atoms with Gasteiger partial charge in [-0.2, -0.15) is 0 Å². The topological polar surface area (TPSA) is 178 Å². The van der Waals surface area contributed by atoms with E-state index in [2.05, 4.69) is 31.8 Å². The first-order valence-electron chi connectivity index (χ1n) is 26.6. The van der Waals surface area contributed by atoms with Crippen LogP contribution in [0.5, 0.6) is 23.1 Å². The molecule has 1 fully saturated rings. The first-order chi connectivity index (χ1) is 38.8. The summed E-state index contributed by atoms with van der Waals surface area (Å²) in [5.74, 6) is -0.132. The predicted molar refractivity (Wildman–Crippen MR) is 301 cm³/mol. The molecule has 3 aliphatic heterocycles. The fourth-order valence-electron chi connectivity index (χ4n) is 9.76. The van der Waals surface area contributed by atoms with Crippen LogP contribution in [0, 0.1) is 19.7 Å². The van der Waals surface area contributed by atoms with Crippen molar-refractivity contribution in [2.75, 3.05) is 113 Å². The number of ether oxygens (including phenoxy) is 9. The molecule has 0 radical (unpaired) electrons. The van der Waals surface area contributed by atoms with Crippen LogP contribution in [0.4, 0.5) is 8.78 Å². The maximum Gasteiger partial charge on any atom is 0.345 e. The second kappa shape index (κ2) is 27.9. The summed E-state index contributed by atoms with van der Waals surface area (Å²) >= 11 is 16.0. The average Bonchev–Trinajstić information content (AvgIpc) is 3.98. The molecule has 10 rings (SSSR count). The zero-order valence-electron chi connectivity index (χ0n) is 45.3. The Morgan fingerprint density at radius 2 is 1.57 bits per heavy atom. The van der Waals surface area contributed by atoms with E-state index in [1.807, 2.05) is 19.9 Å². The van der Waals surface area contributed by atoms with E-state index in [1.165, 1.54) is 29.8 Å². The number of carboxylic acid groups (broad SMARTS) is 1. The lowest BCUT2D eigenvalue weighted by atomic mass is 9.87. The molecule has 0 spiro atoms. The Morgan fingerprint density at radius 3 is 2.25 bits per heavy atom. The minimum atomic E-state index is -1.54. The van der Waals surface area contributed by atoms with Gasteiger partial charge in [-0.15, -0.1) is 11.3 Å². The summed E-state index contributed by atoms with van der Waals surface area (Å²) in [7, 11) is 3.72. The molecule has 22 heteroatoms. The number of allylic oxidation sites excluding steroid dienone is 2. The van der Waals surface area contributed by atoms with Crippen LogP contribution in [-0.2, 0) is 41.5 Å². The first kappa shape index (κ1) is 59.0. The van der Waals surface area contributed by atoms with Gasteiger partial charge in [0.25, 0.3) is 0 Å². The standard InChI is InChI=1S/C58H66Cl2F2N6O11S/c1-36-47-37(2)51(60)52(50(36)59)78-44(31-68-19-17-67(3)18-20-68)33-76-43-9-10-45(40(29-43)30-46(57(69)70)79-55-49-48(47)53(80-56(49)65-35-64-55)38-5-7-41(61)8-6-38)77-32-42-13-16-63-54(66-42)39-11-14-58(62,15-12-39)34-75-28-27-74-26-25-73-24-23-72-22-21-71-4/h5-11,13,16,29,35,44,46H,12,14-15,17-28,30-34H2,1-4H3,(H,69,70)/t44-,46-,58+/m1/s1. The third-order valence-corrected chi connectivity index (χ3v) is 16.3. The van der Waals surface area contributed by atoms with Crippen molar-refractivity contribution >= 4 is 56.3 Å². The molecule has 17 nitrogen and oxygen atoms in total. The number of hydrogen-bond donors (Lipinski definition) is 1. The molecule has 0 saturated carbocycles. The molecule has 1 aliphatic carbocycles. The van der Waals surface area contributed by atoms with Crippen molar-refractivity contribution in [3.8, 4) is 44.7 Å². The van der Waals surface area contributed by atoms with Gasteiger partial charge in [0.2, 0.25) is 12.0 Å². The Kier molecular flexibility index (Phi) is 20.6. The SMILES string of the molecule is COCCOCCOCCOCCOC[C@]1(F)CC=C(c2nccc(COc3ccc4cc3C[C@H](C(=O)O)Oc3ncnc5sc(-c6ccc(F)cc6)c(c35)-c3c(C)c(Cl)c(c(Cl)c3C)O[C@H](CN3CCN(C)CC3)CO4)n2)CC1. The minimum absolute atomic E-state index is 0.00205. The van der Waals surface area contributed by atoms with Gasteiger partial charge in [-0.05, 0) is 98.0 Å². The van der Waals surface area contributed by atoms with Crippen molar-refractivity contribution in [1.82, 2.24) is 29.7 Å². The lowest BCUT2D eigenvalue weighted by Crippen LogP contribution is -2.49. The zero-order chi connectivity index (χ0) is 56.2. The minimum Gasteiger partial charge on any atom is -0.490 e. The van der Waals surface area contributed by atoms with Crippen LogP contribution in [0.15, 0.2) is 67.1 Å². The van der Waals surface area contributed by atoms with Crippen molar-refractivity contribution in [3.05, 3.63) is 111 Å². The van der Waals surface area contributed by atoms with Gasteiger partial charge in [0.05, 0.1) is 80.6 Å². The summed E-state index contributed by atoms with van der Waals surface area (Å²) in [6.07, 6.45) is 3.29. The fraction of sp³-hybridized carbons (Fsp3) is 0.466. The highest BCUT2D eigenvalue weighted by atomic mass is 35.5. The highest BCUT2D eigenvalue weighted by Crippen LogP contribution is 2.53. The second-order valence-electron chi connectivity index (χ2n) is 20.0. The number of halogens is 4. The van der Waals surface area contributed by atoms with Crippen LogP contribution in [0.3, 0.4) is 0 Å². The number of fused-ring (bicyclic) bond motifs is 7. The predicted octanol–water partition coefficient (Wildman–Crippen LogP) is 9.91. The quantitative estimate of drug-likeness (QED) is 0.0634. The van der Waals surface area contributed by atoms with E-state index in [1.54, 1.807) is 49.7 Å². The van der Waals surface area contributed by atoms with Crippen molar-refractivity contribution in [2.45, 2.75) is 64.0 Å². The molecule has 0 unspecified atom stereocenters. The van der Waals surface area contributed by atoms with Crippen molar-refractivity contribution in [2.24, 2.45) is 0 Å². The smallest absolute Gasteiger partial charge is 0.345 e. The van der Waals surface area contributed by atoms with E-state index < -0.39 is 29.7 Å². The highest BCUT2D eigenvalue weighted by molar-refractivity contribution is 7.22. The molecular formula is C58H66Cl2F2N6O11S. The van der Waals surface area contributed by atoms with Crippen LogP contribution in [-0.4, -0.2) is 172 Å². The average molecular weight is 1160 g/mol. The number of nitrogens with zero attached hydrogens (tertiary/aromatic N) is 6. The molecule has 1 saturated heterocycles. The van der Waals surface area contributed by atoms with Crippen LogP contribution in [0.25, 0.3) is 37.4 Å². The lowest BCUT2D eigenvalue weighted by molar-refractivity contribution is -0.145. The van der Waals surface area contributed by atoms with Crippen LogP contribution in [0.1, 0.15) is 47.5 Å². The molecule has 0 amide bonds. The molecule has 428 valence electrons. The van der Waals surface area contributed by atoms with Gasteiger partial charge in [0.1, 0.15) is 53.5 Å². The number of methoxy groups -OCH3 is 1. The number of carbonyl (C=O) groups is 1. The number of rotatable bonds is 22. The summed E-state index contributed by atoms with van der Waals surface area (Å²) in [6.45, 7) is 11.0. The zero-order valence-corrected chi connectivity index (χ0v) is 47.6. The number of hydrogen-bond acceptors (Lipinski definition) is 17. The number of aromatic nitrogens is 4. The Balaban J connectivity index is 0.954. The molecule has 1 N–H and O–H groups in total. The first-order valence-corrected chi connectivity index (χ1v) is 28.2. The number of aliphatic carboxylic acids is 1. The molecule has 4 aliphatic rings. The van der Waals surface area contributed by atoms with E-state index >= 15 is 4.39 Å². The fourth-order valence-corrected chi connectivity index (χ4v) is 11.4. The monoisotopic (exact) mass is 1160 g/mol. The second-order valence-corrected chi connectivity index (χ2v) is 21.7. The molecule has 3 aromatic carbocycles. The summed E-state index contributed by atoms with van der Waals surface area (Å²) in [5.41, 5.74) is 3.45. The molecule has 6 aromatic rings. The van der Waals surface area contributed by atoms with Crippen molar-refractivity contribution in [1.29, 1.82) is 0 Å². The van der Waals surface area contributed by atoms with E-state index in [4.69, 9.17) is 70.8 Å². The summed E-state index contributed by atoms with van der Waals surface area (Å²) in [5, 5.41) is 11.9. The molecule has 80 heavy (non-hydrogen) atoms. The Hall–Kier alpha value is -5.65. The largest absolute Gasteiger partial charge is 0.490 e. The molecular weight excluding hydrogens is 1100 g/mol. The highest BCUT2D eigenvalue weighted by Gasteiger charge is 2.34. The third kappa shape index (κ3) is 14.9. The maximum atomic E-state index is 15.9. The van der Waals surface area contributed by atoms with Crippen molar-refractivity contribution in [3.63, 3.8) is 0 Å². The van der Waals surface area contributed by atoms with Gasteiger partial charge in [0.15, 0.2) is 11.6 Å². The number of likely N-dealkylation sites (N-methyl/N-ethyl adjacent to an activating group) is 1. The van der Waals surface area contributed by atoms with Gasteiger partial charge in [-0.3, -0.25) is 4.90 Å². The van der Waals surface area contributed by atoms with Gasteiger partial charge in [0, 0.05) is 74.9 Å². The number of benzene rings is 3. The normalized spacial score (nSPS) is 19.0. The molecule has 6 heterocycles. The third-order valence-electron chi connectivity index (χ3n) is 14.2. The van der Waals surface area contributed by atoms with E-state index in [0.29, 0.717) is 136 Å². The number of carboxylic acids is 1. The van der Waals surface area contributed by atoms with E-state index in [9.17, 15) is 14.3 Å². The van der Waals surface area contributed by atoms with Gasteiger partial charge in [-0.25, -0.2) is 33.5 Å². The van der Waals surface area contributed by atoms with E-state index in [-0.39, 0.29) is 61.6 Å². The summed E-state index contributed by atoms with van der Waals surface area (Å²) in [4.78, 5) is 37.7. The van der Waals surface area contributed by atoms with Crippen LogP contribution < -0.4 is 18.9 Å². The molecule has 3 aromatic heterocycles. The lowest BCUT2D eigenvalue weighted by Gasteiger charge is -2.35. The molecule has 4 bridgehead atoms. The summed E-state index contributed by atoms with van der Waals surface area (Å²) in [6, 6.07) is 13.0. The van der Waals surface area contributed by atoms with Gasteiger partial charge in [-0.1, -0.05) is 41.4 Å². The molecule has 3 atom stereocenters. The van der Waals surface area contributed by atoms with E-state index in [0.717, 1.165) is 31.8 Å². The van der Waals surface area contributed by atoms with Gasteiger partial charge < -0.3 is 52.6 Å². The number of thiophene rings is 1. The summed E-state index contributed by atoms with van der Waals surface area (Å²) < 4.78 is 83.8. The van der Waals surface area contributed by atoms with Crippen LogP contribution >= 0.6 is 34.5 Å². The maximum absolute atomic E-state index is 15.9. The Morgan fingerprint density at radius 1 is 0.875 bits per heavy atom. The number of alkyl halides is 1.